The van der Waals surface area contributed by atoms with Crippen LogP contribution in [0.4, 0.5) is 5.69 Å². The number of thioether (sulfide) groups is 1. The molecule has 0 saturated carbocycles. The van der Waals surface area contributed by atoms with Crippen LogP contribution in [0.3, 0.4) is 0 Å². The van der Waals surface area contributed by atoms with Crippen molar-refractivity contribution in [2.24, 2.45) is 4.99 Å². The van der Waals surface area contributed by atoms with Gasteiger partial charge in [0.25, 0.3) is 5.91 Å². The molecular weight excluding hydrogens is 366 g/mol. The van der Waals surface area contributed by atoms with Gasteiger partial charge in [-0.15, -0.1) is 0 Å². The van der Waals surface area contributed by atoms with Crippen molar-refractivity contribution in [2.75, 3.05) is 31.1 Å². The molecule has 0 bridgehead atoms. The molecule has 0 spiro atoms. The van der Waals surface area contributed by atoms with Crippen molar-refractivity contribution in [1.29, 1.82) is 0 Å². The molecule has 0 radical (unpaired) electrons. The Bertz CT molecular complexity index is 895. The lowest BCUT2D eigenvalue weighted by Gasteiger charge is -2.36. The maximum atomic E-state index is 12.4. The molecule has 2 aliphatic heterocycles. The highest BCUT2D eigenvalue weighted by Gasteiger charge is 2.28. The molecular formula is C23H25N3OS. The van der Waals surface area contributed by atoms with E-state index in [0.29, 0.717) is 10.8 Å². The van der Waals surface area contributed by atoms with Gasteiger partial charge in [0, 0.05) is 31.9 Å². The first-order chi connectivity index (χ1) is 13.6. The predicted molar refractivity (Wildman–Crippen MR) is 119 cm³/mol. The van der Waals surface area contributed by atoms with Gasteiger partial charge < -0.3 is 9.80 Å². The normalized spacial score (nSPS) is 18.9. The number of carbonyl (C=O) groups is 1. The van der Waals surface area contributed by atoms with Crippen LogP contribution in [0.2, 0.25) is 0 Å². The van der Waals surface area contributed by atoms with Gasteiger partial charge >= 0.3 is 0 Å². The predicted octanol–water partition coefficient (Wildman–Crippen LogP) is 4.60. The second kappa shape index (κ2) is 8.23. The summed E-state index contributed by atoms with van der Waals surface area (Å²) in [5, 5.41) is 0.836. The van der Waals surface area contributed by atoms with Gasteiger partial charge in [0.05, 0.1) is 4.91 Å². The van der Waals surface area contributed by atoms with E-state index < -0.39 is 0 Å². The average Bonchev–Trinajstić information content (AvgIpc) is 3.09. The third-order valence-electron chi connectivity index (χ3n) is 5.18. The standard InChI is InChI=1S/C23H25N3OS/c1-17(2)19-10-8-18(9-11-19)16-21-22(27)24-23(28-21)26-14-12-25(13-15-26)20-6-4-3-5-7-20/h3-11,16-17H,12-15H2,1-2H3/b21-16-. The molecule has 0 aliphatic carbocycles. The Hall–Kier alpha value is -2.53. The average molecular weight is 392 g/mol. The Labute approximate surface area is 171 Å². The number of hydrogen-bond donors (Lipinski definition) is 0. The van der Waals surface area contributed by atoms with E-state index in [0.717, 1.165) is 36.9 Å². The molecule has 1 fully saturated rings. The minimum Gasteiger partial charge on any atom is -0.368 e. The molecule has 1 amide bonds. The molecule has 0 aromatic heterocycles. The Morgan fingerprint density at radius 3 is 2.21 bits per heavy atom. The van der Waals surface area contributed by atoms with E-state index in [-0.39, 0.29) is 5.91 Å². The quantitative estimate of drug-likeness (QED) is 0.716. The highest BCUT2D eigenvalue weighted by Crippen LogP contribution is 2.31. The fourth-order valence-corrected chi connectivity index (χ4v) is 4.42. The molecule has 2 aliphatic rings. The summed E-state index contributed by atoms with van der Waals surface area (Å²) in [5.41, 5.74) is 3.61. The van der Waals surface area contributed by atoms with E-state index in [1.54, 1.807) is 0 Å². The molecule has 5 heteroatoms. The van der Waals surface area contributed by atoms with Gasteiger partial charge in [-0.25, -0.2) is 0 Å². The van der Waals surface area contributed by atoms with Crippen LogP contribution >= 0.6 is 11.8 Å². The molecule has 1 saturated heterocycles. The van der Waals surface area contributed by atoms with Crippen molar-refractivity contribution < 1.29 is 4.79 Å². The number of rotatable bonds is 3. The van der Waals surface area contributed by atoms with Gasteiger partial charge in [0.1, 0.15) is 0 Å². The summed E-state index contributed by atoms with van der Waals surface area (Å²) in [7, 11) is 0. The smallest absolute Gasteiger partial charge is 0.286 e. The third-order valence-corrected chi connectivity index (χ3v) is 6.23. The number of para-hydroxylation sites is 1. The molecule has 2 aromatic carbocycles. The Morgan fingerprint density at radius 2 is 1.57 bits per heavy atom. The number of benzene rings is 2. The van der Waals surface area contributed by atoms with Crippen LogP contribution < -0.4 is 4.90 Å². The largest absolute Gasteiger partial charge is 0.368 e. The number of hydrogen-bond acceptors (Lipinski definition) is 4. The Kier molecular flexibility index (Phi) is 5.53. The van der Waals surface area contributed by atoms with Crippen LogP contribution in [0.15, 0.2) is 64.5 Å². The third kappa shape index (κ3) is 4.14. The zero-order valence-corrected chi connectivity index (χ0v) is 17.2. The van der Waals surface area contributed by atoms with Gasteiger partial charge in [0.15, 0.2) is 5.17 Å². The summed E-state index contributed by atoms with van der Waals surface area (Å²) >= 11 is 1.50. The molecule has 28 heavy (non-hydrogen) atoms. The molecule has 0 unspecified atom stereocenters. The lowest BCUT2D eigenvalue weighted by atomic mass is 10.0. The first-order valence-electron chi connectivity index (χ1n) is 9.77. The van der Waals surface area contributed by atoms with E-state index in [1.165, 1.54) is 23.0 Å². The van der Waals surface area contributed by atoms with Gasteiger partial charge in [0.2, 0.25) is 0 Å². The van der Waals surface area contributed by atoms with Crippen molar-refractivity contribution in [3.8, 4) is 0 Å². The molecule has 4 rings (SSSR count). The van der Waals surface area contributed by atoms with Crippen LogP contribution in [0.5, 0.6) is 0 Å². The van der Waals surface area contributed by atoms with Gasteiger partial charge in [-0.3, -0.25) is 4.79 Å². The van der Waals surface area contributed by atoms with Crippen LogP contribution in [0.1, 0.15) is 30.9 Å². The van der Waals surface area contributed by atoms with Gasteiger partial charge in [-0.1, -0.05) is 56.3 Å². The minimum atomic E-state index is -0.126. The molecule has 0 atom stereocenters. The highest BCUT2D eigenvalue weighted by molar-refractivity contribution is 8.18. The maximum absolute atomic E-state index is 12.4. The lowest BCUT2D eigenvalue weighted by molar-refractivity contribution is -0.113. The number of anilines is 1. The monoisotopic (exact) mass is 391 g/mol. The number of aliphatic imine (C=N–C) groups is 1. The number of amides is 1. The van der Waals surface area contributed by atoms with E-state index in [9.17, 15) is 4.79 Å². The number of amidine groups is 1. The molecule has 4 nitrogen and oxygen atoms in total. The van der Waals surface area contributed by atoms with Crippen LogP contribution in [0, 0.1) is 0 Å². The maximum Gasteiger partial charge on any atom is 0.286 e. The van der Waals surface area contributed by atoms with E-state index in [1.807, 2.05) is 12.1 Å². The zero-order valence-electron chi connectivity index (χ0n) is 16.3. The van der Waals surface area contributed by atoms with Crippen LogP contribution in [-0.2, 0) is 4.79 Å². The topological polar surface area (TPSA) is 35.9 Å². The fraction of sp³-hybridized carbons (Fsp3) is 0.304. The minimum absolute atomic E-state index is 0.126. The van der Waals surface area contributed by atoms with E-state index in [2.05, 4.69) is 77.2 Å². The SMILES string of the molecule is CC(C)c1ccc(/C=C2\SC(N3CCN(c4ccccc4)CC3)=NC2=O)cc1. The van der Waals surface area contributed by atoms with E-state index >= 15 is 0 Å². The van der Waals surface area contributed by atoms with Crippen molar-refractivity contribution >= 4 is 34.6 Å². The number of nitrogens with zero attached hydrogens (tertiary/aromatic N) is 3. The summed E-state index contributed by atoms with van der Waals surface area (Å²) < 4.78 is 0. The fourth-order valence-electron chi connectivity index (χ4n) is 3.46. The molecule has 144 valence electrons. The van der Waals surface area contributed by atoms with E-state index in [4.69, 9.17) is 0 Å². The van der Waals surface area contributed by atoms with Crippen LogP contribution in [-0.4, -0.2) is 42.2 Å². The Balaban J connectivity index is 1.39. The first kappa shape index (κ1) is 18.8. The van der Waals surface area contributed by atoms with Crippen molar-refractivity contribution in [1.82, 2.24) is 4.90 Å². The van der Waals surface area contributed by atoms with Crippen LogP contribution in [0.25, 0.3) is 6.08 Å². The van der Waals surface area contributed by atoms with Crippen molar-refractivity contribution in [2.45, 2.75) is 19.8 Å². The summed E-state index contributed by atoms with van der Waals surface area (Å²) in [6.45, 7) is 8.00. The summed E-state index contributed by atoms with van der Waals surface area (Å²) in [6, 6.07) is 18.9. The summed E-state index contributed by atoms with van der Waals surface area (Å²) in [6.07, 6.45) is 1.95. The van der Waals surface area contributed by atoms with Gasteiger partial charge in [-0.05, 0) is 47.0 Å². The Morgan fingerprint density at radius 1 is 0.929 bits per heavy atom. The molecule has 0 N–H and O–H groups in total. The summed E-state index contributed by atoms with van der Waals surface area (Å²) in [4.78, 5) is 22.0. The summed E-state index contributed by atoms with van der Waals surface area (Å²) in [5.74, 6) is 0.382. The second-order valence-corrected chi connectivity index (χ2v) is 8.45. The number of piperazine rings is 1. The molecule has 2 heterocycles. The van der Waals surface area contributed by atoms with Crippen molar-refractivity contribution in [3.05, 3.63) is 70.6 Å². The molecule has 2 aromatic rings. The zero-order chi connectivity index (χ0) is 19.5. The highest BCUT2D eigenvalue weighted by atomic mass is 32.2. The number of carbonyl (C=O) groups excluding carboxylic acids is 1. The second-order valence-electron chi connectivity index (χ2n) is 7.44. The van der Waals surface area contributed by atoms with Gasteiger partial charge in [-0.2, -0.15) is 4.99 Å². The lowest BCUT2D eigenvalue weighted by Crippen LogP contribution is -2.47. The first-order valence-corrected chi connectivity index (χ1v) is 10.6. The van der Waals surface area contributed by atoms with Crippen molar-refractivity contribution in [3.63, 3.8) is 0 Å².